The van der Waals surface area contributed by atoms with E-state index >= 15 is 0 Å². The summed E-state index contributed by atoms with van der Waals surface area (Å²) in [4.78, 5) is 4.20. The van der Waals surface area contributed by atoms with Gasteiger partial charge in [-0.05, 0) is 31.0 Å². The number of hydrogen-bond donors (Lipinski definition) is 0. The molecule has 0 aliphatic rings. The van der Waals surface area contributed by atoms with Gasteiger partial charge in [-0.2, -0.15) is 13.2 Å². The van der Waals surface area contributed by atoms with Crippen LogP contribution in [0.1, 0.15) is 24.2 Å². The van der Waals surface area contributed by atoms with Crippen LogP contribution in [0.4, 0.5) is 13.2 Å². The first-order valence-electron chi connectivity index (χ1n) is 6.58. The Balaban J connectivity index is 2.31. The van der Waals surface area contributed by atoms with E-state index < -0.39 is 11.7 Å². The summed E-state index contributed by atoms with van der Waals surface area (Å²) in [6.45, 7) is 1.31. The van der Waals surface area contributed by atoms with Crippen LogP contribution in [-0.4, -0.2) is 23.3 Å². The molecule has 116 valence electrons. The van der Waals surface area contributed by atoms with E-state index in [-0.39, 0.29) is 5.88 Å². The first-order valence-corrected chi connectivity index (χ1v) is 7.12. The van der Waals surface area contributed by atoms with E-state index in [4.69, 9.17) is 16.3 Å². The zero-order valence-electron chi connectivity index (χ0n) is 11.6. The van der Waals surface area contributed by atoms with Crippen molar-refractivity contribution in [2.45, 2.75) is 31.4 Å². The van der Waals surface area contributed by atoms with Gasteiger partial charge in [-0.15, -0.1) is 11.6 Å². The van der Waals surface area contributed by atoms with E-state index in [1.54, 1.807) is 7.11 Å². The van der Waals surface area contributed by atoms with Crippen LogP contribution >= 0.6 is 11.6 Å². The Labute approximate surface area is 125 Å². The van der Waals surface area contributed by atoms with Crippen molar-refractivity contribution in [3.63, 3.8) is 0 Å². The highest BCUT2D eigenvalue weighted by Gasteiger charge is 2.31. The molecule has 21 heavy (non-hydrogen) atoms. The minimum atomic E-state index is -4.36. The fourth-order valence-electron chi connectivity index (χ4n) is 2.22. The summed E-state index contributed by atoms with van der Waals surface area (Å²) in [7, 11) is 1.63. The first kappa shape index (κ1) is 16.1. The van der Waals surface area contributed by atoms with Crippen LogP contribution in [0.2, 0.25) is 0 Å². The van der Waals surface area contributed by atoms with Gasteiger partial charge >= 0.3 is 6.18 Å². The van der Waals surface area contributed by atoms with Gasteiger partial charge < -0.3 is 9.30 Å². The third-order valence-corrected chi connectivity index (χ3v) is 3.49. The molecule has 0 atom stereocenters. The minimum absolute atomic E-state index is 0.167. The highest BCUT2D eigenvalue weighted by Crippen LogP contribution is 2.31. The highest BCUT2D eigenvalue weighted by molar-refractivity contribution is 6.16. The van der Waals surface area contributed by atoms with Crippen LogP contribution in [0.25, 0.3) is 11.0 Å². The number of ether oxygens (including phenoxy) is 1. The number of fused-ring (bicyclic) bond motifs is 1. The SMILES string of the molecule is COCCCCn1c(CCl)nc2cc(C(F)(F)F)ccc21. The summed E-state index contributed by atoms with van der Waals surface area (Å²) in [6, 6.07) is 3.60. The van der Waals surface area contributed by atoms with Gasteiger partial charge in [-0.1, -0.05) is 0 Å². The molecule has 1 aromatic carbocycles. The monoisotopic (exact) mass is 320 g/mol. The van der Waals surface area contributed by atoms with E-state index in [2.05, 4.69) is 4.98 Å². The molecule has 0 bridgehead atoms. The molecule has 0 aliphatic heterocycles. The minimum Gasteiger partial charge on any atom is -0.385 e. The van der Waals surface area contributed by atoms with Crippen molar-refractivity contribution in [2.75, 3.05) is 13.7 Å². The maximum atomic E-state index is 12.7. The number of aromatic nitrogens is 2. The zero-order valence-corrected chi connectivity index (χ0v) is 12.3. The van der Waals surface area contributed by atoms with Crippen LogP contribution in [-0.2, 0) is 23.3 Å². The maximum absolute atomic E-state index is 12.7. The van der Waals surface area contributed by atoms with Crippen LogP contribution in [0, 0.1) is 0 Å². The highest BCUT2D eigenvalue weighted by atomic mass is 35.5. The maximum Gasteiger partial charge on any atom is 0.416 e. The van der Waals surface area contributed by atoms with E-state index in [1.165, 1.54) is 6.07 Å². The lowest BCUT2D eigenvalue weighted by Crippen LogP contribution is -2.05. The standard InChI is InChI=1S/C14H16ClF3N2O/c1-21-7-3-2-6-20-12-5-4-10(14(16,17)18)8-11(12)19-13(20)9-15/h4-5,8H,2-3,6-7,9H2,1H3. The Hall–Kier alpha value is -1.27. The lowest BCUT2D eigenvalue weighted by Gasteiger charge is -2.09. The Bertz CT molecular complexity index is 610. The summed E-state index contributed by atoms with van der Waals surface area (Å²) < 4.78 is 45.0. The smallest absolute Gasteiger partial charge is 0.385 e. The van der Waals surface area contributed by atoms with Crippen LogP contribution in [0.3, 0.4) is 0 Å². The average Bonchev–Trinajstić information content (AvgIpc) is 2.79. The van der Waals surface area contributed by atoms with E-state index in [0.717, 1.165) is 25.0 Å². The molecule has 0 aliphatic carbocycles. The summed E-state index contributed by atoms with van der Waals surface area (Å²) in [5.74, 6) is 0.753. The number of aryl methyl sites for hydroxylation is 1. The molecular formula is C14H16ClF3N2O. The van der Waals surface area contributed by atoms with Gasteiger partial charge in [0.25, 0.3) is 0 Å². The largest absolute Gasteiger partial charge is 0.416 e. The molecule has 7 heteroatoms. The van der Waals surface area contributed by atoms with Crippen LogP contribution < -0.4 is 0 Å². The molecule has 1 aromatic heterocycles. The lowest BCUT2D eigenvalue weighted by atomic mass is 10.2. The predicted octanol–water partition coefficient (Wildman–Crippen LogP) is 4.22. The molecule has 0 spiro atoms. The molecule has 0 unspecified atom stereocenters. The predicted molar refractivity (Wildman–Crippen MR) is 75.4 cm³/mol. The lowest BCUT2D eigenvalue weighted by molar-refractivity contribution is -0.137. The number of rotatable bonds is 6. The number of unbranched alkanes of at least 4 members (excludes halogenated alkanes) is 1. The molecule has 0 fully saturated rings. The molecule has 3 nitrogen and oxygen atoms in total. The number of alkyl halides is 4. The summed E-state index contributed by atoms with van der Waals surface area (Å²) >= 11 is 5.84. The Morgan fingerprint density at radius 3 is 2.67 bits per heavy atom. The van der Waals surface area contributed by atoms with Gasteiger partial charge in [-0.25, -0.2) is 4.98 Å². The Morgan fingerprint density at radius 2 is 2.05 bits per heavy atom. The summed E-state index contributed by atoms with van der Waals surface area (Å²) in [5, 5.41) is 0. The number of methoxy groups -OCH3 is 1. The fourth-order valence-corrected chi connectivity index (χ4v) is 2.43. The normalized spacial score (nSPS) is 12.2. The Kier molecular flexibility index (Phi) is 5.11. The molecule has 0 saturated heterocycles. The number of benzene rings is 1. The van der Waals surface area contributed by atoms with Crippen molar-refractivity contribution in [2.24, 2.45) is 0 Å². The molecule has 0 saturated carbocycles. The van der Waals surface area contributed by atoms with Gasteiger partial charge in [-0.3, -0.25) is 0 Å². The Morgan fingerprint density at radius 1 is 1.29 bits per heavy atom. The van der Waals surface area contributed by atoms with Gasteiger partial charge in [0.1, 0.15) is 5.82 Å². The molecule has 0 N–H and O–H groups in total. The van der Waals surface area contributed by atoms with Gasteiger partial charge in [0, 0.05) is 20.3 Å². The third-order valence-electron chi connectivity index (χ3n) is 3.25. The number of hydrogen-bond acceptors (Lipinski definition) is 2. The second-order valence-electron chi connectivity index (χ2n) is 4.71. The molecule has 2 rings (SSSR count). The van der Waals surface area contributed by atoms with E-state index in [1.807, 2.05) is 4.57 Å². The van der Waals surface area contributed by atoms with Crippen molar-refractivity contribution in [3.8, 4) is 0 Å². The van der Waals surface area contributed by atoms with Gasteiger partial charge in [0.05, 0.1) is 22.5 Å². The number of nitrogens with zero attached hydrogens (tertiary/aromatic N) is 2. The number of halogens is 4. The number of imidazole rings is 1. The van der Waals surface area contributed by atoms with E-state index in [0.29, 0.717) is 30.0 Å². The van der Waals surface area contributed by atoms with Crippen LogP contribution in [0.15, 0.2) is 18.2 Å². The summed E-state index contributed by atoms with van der Waals surface area (Å²) in [5.41, 5.74) is 0.309. The van der Waals surface area contributed by atoms with E-state index in [9.17, 15) is 13.2 Å². The third kappa shape index (κ3) is 3.68. The van der Waals surface area contributed by atoms with Crippen molar-refractivity contribution in [1.29, 1.82) is 0 Å². The summed E-state index contributed by atoms with van der Waals surface area (Å²) in [6.07, 6.45) is -2.64. The van der Waals surface area contributed by atoms with Crippen LogP contribution in [0.5, 0.6) is 0 Å². The second kappa shape index (κ2) is 6.66. The molecule has 0 amide bonds. The van der Waals surface area contributed by atoms with Crippen molar-refractivity contribution in [3.05, 3.63) is 29.6 Å². The topological polar surface area (TPSA) is 27.1 Å². The second-order valence-corrected chi connectivity index (χ2v) is 4.98. The average molecular weight is 321 g/mol. The van der Waals surface area contributed by atoms with Gasteiger partial charge in [0.15, 0.2) is 0 Å². The van der Waals surface area contributed by atoms with Crippen molar-refractivity contribution < 1.29 is 17.9 Å². The molecular weight excluding hydrogens is 305 g/mol. The van der Waals surface area contributed by atoms with Crippen molar-refractivity contribution >= 4 is 22.6 Å². The van der Waals surface area contributed by atoms with Crippen molar-refractivity contribution in [1.82, 2.24) is 9.55 Å². The molecule has 2 aromatic rings. The first-order chi connectivity index (χ1) is 9.97. The molecule has 0 radical (unpaired) electrons. The fraction of sp³-hybridized carbons (Fsp3) is 0.500. The quantitative estimate of drug-likeness (QED) is 0.588. The van der Waals surface area contributed by atoms with Gasteiger partial charge in [0.2, 0.25) is 0 Å². The zero-order chi connectivity index (χ0) is 15.5. The molecule has 1 heterocycles.